The summed E-state index contributed by atoms with van der Waals surface area (Å²) in [6.45, 7) is 14.8. The number of Topliss-reactive ketones (excluding diaryl/α,β-unsaturated/α-hetero) is 1. The number of hydrogen-bond acceptors (Lipinski definition) is 40. The zero-order valence-corrected chi connectivity index (χ0v) is 75.6. The molecule has 3 heterocycles. The summed E-state index contributed by atoms with van der Waals surface area (Å²) in [5.41, 5.74) is -1.96. The molecule has 47 nitrogen and oxygen atoms in total. The Labute approximate surface area is 741 Å². The van der Waals surface area contributed by atoms with Gasteiger partial charge >= 0.3 is 62.2 Å². The molecular weight excluding hydrogens is 1720 g/mol. The topological polar surface area (TPSA) is 589 Å². The molecule has 16 atom stereocenters. The second-order valence-corrected chi connectivity index (χ2v) is 30.9. The zero-order chi connectivity index (χ0) is 95.3. The summed E-state index contributed by atoms with van der Waals surface area (Å²) in [5, 5.41) is 27.8. The van der Waals surface area contributed by atoms with E-state index in [0.717, 1.165) is 88.0 Å². The van der Waals surface area contributed by atoms with E-state index in [1.165, 1.54) is 24.3 Å². The minimum atomic E-state index is -1.98. The Kier molecular flexibility index (Phi) is 49.4. The van der Waals surface area contributed by atoms with Gasteiger partial charge in [0.05, 0.1) is 105 Å². The number of nitrogens with one attached hydrogen (secondary N) is 7. The maximum atomic E-state index is 14.6. The number of nitriles is 1. The summed E-state index contributed by atoms with van der Waals surface area (Å²) in [4.78, 5) is 219. The fourth-order valence-corrected chi connectivity index (χ4v) is 14.6. The molecule has 7 amide bonds. The molecule has 1 aromatic carbocycles. The van der Waals surface area contributed by atoms with Gasteiger partial charge in [-0.3, -0.25) is 81.5 Å². The molecule has 7 N–H and O–H groups in total. The Morgan fingerprint density at radius 1 is 0.516 bits per heavy atom. The van der Waals surface area contributed by atoms with E-state index >= 15 is 0 Å². The highest BCUT2D eigenvalue weighted by Crippen LogP contribution is 2.46. The van der Waals surface area contributed by atoms with Crippen LogP contribution in [0.15, 0.2) is 24.3 Å². The predicted octanol–water partition coefficient (Wildman–Crippen LogP) is -1.49. The summed E-state index contributed by atoms with van der Waals surface area (Å²) in [5.74, 6) is -12.8. The standard InChI is InChI=1S/C80H121N10O37P/c1-45(2)90(46(3)4)128(118-28-17-24-81)127-61-20-18-59(19-21-61)76(106)87-62(77(107)84-27-31-110-33-36-112-79-69(86-48(6)92)74(123-57(15)101)71(120-54(12)98)65(126-79)43-115-52(10)96)22-23-67(105)89(40-66(104)83-26-30-109-32-35-111-78-68(85-47(5)91)73(122-56(14)100)70(119-53(11)97)64(125-78)42-114-51(9)95)39-60(103)38-82-25-29-108-34-37-117-80(88-49(7)93)44-116-63(41-113-50(8)94)72(121-55(13)99)75(80)124-58(16)102/h18-21,45-46,62-65,68-75,78-79,82H,17,22-23,25-44H2,1-16H3,(H,83,104)(H,84,107)(H,85,91)(H,86,92)(H,87,106)(H,88,93). The number of hydrogen-bond donors (Lipinski definition) is 7. The van der Waals surface area contributed by atoms with Gasteiger partial charge in [0.25, 0.3) is 5.91 Å². The van der Waals surface area contributed by atoms with Crippen molar-refractivity contribution in [2.75, 3.05) is 132 Å². The highest BCUT2D eigenvalue weighted by molar-refractivity contribution is 7.45. The highest BCUT2D eigenvalue weighted by Gasteiger charge is 2.58. The van der Waals surface area contributed by atoms with Crippen molar-refractivity contribution in [1.29, 1.82) is 5.26 Å². The van der Waals surface area contributed by atoms with Gasteiger partial charge in [0.1, 0.15) is 62.0 Å². The van der Waals surface area contributed by atoms with E-state index in [9.17, 15) is 86.8 Å². The predicted molar refractivity (Wildman–Crippen MR) is 436 cm³/mol. The Hall–Kier alpha value is -10.3. The van der Waals surface area contributed by atoms with Crippen LogP contribution in [0.2, 0.25) is 0 Å². The van der Waals surface area contributed by atoms with Crippen LogP contribution >= 0.6 is 8.53 Å². The summed E-state index contributed by atoms with van der Waals surface area (Å²) in [6, 6.07) is 3.63. The van der Waals surface area contributed by atoms with Gasteiger partial charge in [-0.2, -0.15) is 5.26 Å². The number of carbonyl (C=O) groups excluding carboxylic acids is 17. The third kappa shape index (κ3) is 40.5. The Balaban J connectivity index is 1.59. The van der Waals surface area contributed by atoms with Crippen LogP contribution < -0.4 is 41.7 Å². The van der Waals surface area contributed by atoms with Gasteiger partial charge in [-0.15, -0.1) is 0 Å². The fraction of sp³-hybridized carbons (Fsp3) is 0.700. The monoisotopic (exact) mass is 1840 g/mol. The van der Waals surface area contributed by atoms with Crippen molar-refractivity contribution in [2.45, 2.75) is 233 Å². The molecule has 718 valence electrons. The summed E-state index contributed by atoms with van der Waals surface area (Å²) >= 11 is 0. The highest BCUT2D eigenvalue weighted by atomic mass is 31.2. The first-order chi connectivity index (χ1) is 60.5. The minimum Gasteiger partial charge on any atom is -0.463 e. The molecule has 3 fully saturated rings. The van der Waals surface area contributed by atoms with Crippen LogP contribution in [0.25, 0.3) is 0 Å². The number of amides is 7. The van der Waals surface area contributed by atoms with Crippen molar-refractivity contribution in [3.63, 3.8) is 0 Å². The molecule has 3 aliphatic rings. The number of ether oxygens (including phenoxy) is 18. The van der Waals surface area contributed by atoms with Crippen molar-refractivity contribution in [2.24, 2.45) is 0 Å². The smallest absolute Gasteiger partial charge is 0.321 e. The van der Waals surface area contributed by atoms with Gasteiger partial charge in [0.15, 0.2) is 55.0 Å². The third-order valence-electron chi connectivity index (χ3n) is 18.0. The van der Waals surface area contributed by atoms with Crippen LogP contribution in [-0.4, -0.2) is 346 Å². The second kappa shape index (κ2) is 57.6. The van der Waals surface area contributed by atoms with E-state index < -0.39 is 260 Å². The van der Waals surface area contributed by atoms with Gasteiger partial charge in [-0.05, 0) is 58.4 Å². The van der Waals surface area contributed by atoms with Crippen molar-refractivity contribution in [1.82, 2.24) is 46.8 Å². The Bertz CT molecular complexity index is 3890. The van der Waals surface area contributed by atoms with Crippen molar-refractivity contribution in [3.05, 3.63) is 29.8 Å². The van der Waals surface area contributed by atoms with E-state index in [1.54, 1.807) is 0 Å². The number of carbonyl (C=O) groups is 17. The van der Waals surface area contributed by atoms with E-state index in [2.05, 4.69) is 37.2 Å². The summed E-state index contributed by atoms with van der Waals surface area (Å²) in [6.07, 6.45) is -16.2. The fourth-order valence-electron chi connectivity index (χ4n) is 13.1. The maximum absolute atomic E-state index is 14.6. The van der Waals surface area contributed by atoms with Gasteiger partial charge in [-0.25, -0.2) is 4.67 Å². The largest absolute Gasteiger partial charge is 0.463 e. The van der Waals surface area contributed by atoms with Crippen molar-refractivity contribution < 1.29 is 176 Å². The molecule has 0 bridgehead atoms. The molecule has 48 heteroatoms. The number of nitrogens with zero attached hydrogens (tertiary/aromatic N) is 3. The molecule has 0 radical (unpaired) electrons. The van der Waals surface area contributed by atoms with Crippen LogP contribution in [0.1, 0.15) is 140 Å². The van der Waals surface area contributed by atoms with Gasteiger partial charge < -0.3 is 136 Å². The molecular formula is C80H121N10O37P. The lowest BCUT2D eigenvalue weighted by atomic mass is 9.93. The Morgan fingerprint density at radius 2 is 0.977 bits per heavy atom. The van der Waals surface area contributed by atoms with Gasteiger partial charge in [0.2, 0.25) is 41.2 Å². The second-order valence-electron chi connectivity index (χ2n) is 29.5. The molecule has 128 heavy (non-hydrogen) atoms. The number of rotatable bonds is 56. The normalized spacial score (nSPS) is 22.2. The molecule has 3 saturated heterocycles. The van der Waals surface area contributed by atoms with Crippen LogP contribution in [0.5, 0.6) is 5.75 Å². The lowest BCUT2D eigenvalue weighted by Crippen LogP contribution is -2.72. The zero-order valence-electron chi connectivity index (χ0n) is 74.7. The molecule has 0 spiro atoms. The third-order valence-corrected chi connectivity index (χ3v) is 20.0. The van der Waals surface area contributed by atoms with E-state index in [-0.39, 0.29) is 116 Å². The summed E-state index contributed by atoms with van der Waals surface area (Å²) < 4.78 is 116. The minimum absolute atomic E-state index is 0.0190. The molecule has 3 aliphatic heterocycles. The first-order valence-electron chi connectivity index (χ1n) is 41.1. The molecule has 16 unspecified atom stereocenters. The van der Waals surface area contributed by atoms with Crippen LogP contribution in [-0.2, 0) is 166 Å². The molecule has 1 aromatic rings. The lowest BCUT2D eigenvalue weighted by Gasteiger charge is -2.48. The van der Waals surface area contributed by atoms with E-state index in [0.29, 0.717) is 0 Å². The number of esters is 9. The van der Waals surface area contributed by atoms with E-state index in [4.69, 9.17) is 94.3 Å². The average molecular weight is 1850 g/mol. The summed E-state index contributed by atoms with van der Waals surface area (Å²) in [7, 11) is -1.78. The van der Waals surface area contributed by atoms with Crippen LogP contribution in [0.3, 0.4) is 0 Å². The number of benzene rings is 1. The average Bonchev–Trinajstić information content (AvgIpc) is 0.751. The van der Waals surface area contributed by atoms with Crippen molar-refractivity contribution >= 4 is 109 Å². The lowest BCUT2D eigenvalue weighted by molar-refractivity contribution is -0.279. The number of ketones is 1. The van der Waals surface area contributed by atoms with Gasteiger partial charge in [0, 0.05) is 127 Å². The molecule has 4 rings (SSSR count). The first-order valence-corrected chi connectivity index (χ1v) is 42.2. The van der Waals surface area contributed by atoms with Crippen molar-refractivity contribution in [3.8, 4) is 11.8 Å². The van der Waals surface area contributed by atoms with E-state index in [1.807, 2.05) is 38.4 Å². The first kappa shape index (κ1) is 110. The van der Waals surface area contributed by atoms with Crippen LogP contribution in [0.4, 0.5) is 0 Å². The maximum Gasteiger partial charge on any atom is 0.321 e. The quantitative estimate of drug-likeness (QED) is 0.0128. The Morgan fingerprint density at radius 3 is 1.44 bits per heavy atom. The molecule has 0 saturated carbocycles. The molecule has 0 aliphatic carbocycles. The molecule has 0 aromatic heterocycles. The van der Waals surface area contributed by atoms with Gasteiger partial charge in [-0.1, -0.05) is 0 Å². The van der Waals surface area contributed by atoms with Crippen LogP contribution in [0, 0.1) is 11.3 Å². The SMILES string of the molecule is CC(=O)NC1C(OCCOCCNC(=O)CN(CC(=O)CNCCOCCOC2(NC(C)=O)COC(COC(C)=O)C(OC(C)=O)C2OC(C)=O)C(=O)CCC(NC(=O)c2ccc(OP(OCCC#N)N(C(C)C)C(C)C)cc2)C(=O)NCCOCCOC2OC(COC(C)=O)C(OC(C)=O)C(OC(C)=O)C2NC(C)=O)OC(COC(C)=O)C(OC(C)=O)C1OC(C)=O.